The zero-order valence-corrected chi connectivity index (χ0v) is 20.4. The molecule has 30 heavy (non-hydrogen) atoms. The van der Waals surface area contributed by atoms with Crippen molar-refractivity contribution in [2.24, 2.45) is 29.6 Å². The molecule has 2 heterocycles. The summed E-state index contributed by atoms with van der Waals surface area (Å²) in [6.45, 7) is 15.9. The Morgan fingerprint density at radius 1 is 1.07 bits per heavy atom. The number of hydrogen-bond acceptors (Lipinski definition) is 2. The van der Waals surface area contributed by atoms with E-state index in [0.717, 1.165) is 29.6 Å². The molecule has 2 heteroatoms. The first-order chi connectivity index (χ1) is 14.5. The SMILES string of the molecule is C=C/C=C(\CCC)C1CC(C)NC2C1CCC1C2NC(C)CC1[C@H](C)CC/C=C\C. The predicted molar refractivity (Wildman–Crippen MR) is 132 cm³/mol. The highest BCUT2D eigenvalue weighted by Crippen LogP contribution is 2.48. The van der Waals surface area contributed by atoms with Gasteiger partial charge in [0, 0.05) is 24.2 Å². The Bertz CT molecular complexity index is 606. The van der Waals surface area contributed by atoms with E-state index in [2.05, 4.69) is 70.1 Å². The second kappa shape index (κ2) is 11.1. The van der Waals surface area contributed by atoms with E-state index in [1.807, 2.05) is 6.08 Å². The molecule has 8 unspecified atom stereocenters. The van der Waals surface area contributed by atoms with Crippen LogP contribution in [0.25, 0.3) is 0 Å². The van der Waals surface area contributed by atoms with E-state index < -0.39 is 0 Å². The largest absolute Gasteiger partial charge is 0.310 e. The van der Waals surface area contributed by atoms with Crippen LogP contribution in [0.3, 0.4) is 0 Å². The first-order valence-corrected chi connectivity index (χ1v) is 12.9. The van der Waals surface area contributed by atoms with E-state index in [1.165, 1.54) is 51.4 Å². The molecule has 0 bridgehead atoms. The lowest BCUT2D eigenvalue weighted by atomic mass is 9.58. The maximum Gasteiger partial charge on any atom is 0.0260 e. The molecule has 0 aromatic carbocycles. The lowest BCUT2D eigenvalue weighted by molar-refractivity contribution is -0.000696. The highest BCUT2D eigenvalue weighted by atomic mass is 15.1. The fraction of sp³-hybridized carbons (Fsp3) is 0.786. The molecule has 2 aliphatic heterocycles. The smallest absolute Gasteiger partial charge is 0.0260 e. The van der Waals surface area contributed by atoms with E-state index in [9.17, 15) is 0 Å². The van der Waals surface area contributed by atoms with E-state index in [0.29, 0.717) is 24.2 Å². The van der Waals surface area contributed by atoms with Gasteiger partial charge in [0.1, 0.15) is 0 Å². The van der Waals surface area contributed by atoms with Crippen molar-refractivity contribution in [3.63, 3.8) is 0 Å². The molecular formula is C28H48N2. The fourth-order valence-electron chi connectivity index (χ4n) is 7.25. The van der Waals surface area contributed by atoms with Crippen molar-refractivity contribution < 1.29 is 0 Å². The maximum absolute atomic E-state index is 4.10. The van der Waals surface area contributed by atoms with Crippen LogP contribution in [0, 0.1) is 29.6 Å². The van der Waals surface area contributed by atoms with Gasteiger partial charge >= 0.3 is 0 Å². The number of piperidine rings is 2. The molecule has 2 nitrogen and oxygen atoms in total. The van der Waals surface area contributed by atoms with Crippen LogP contribution in [0.4, 0.5) is 0 Å². The van der Waals surface area contributed by atoms with Gasteiger partial charge in [-0.2, -0.15) is 0 Å². The van der Waals surface area contributed by atoms with Gasteiger partial charge in [0.25, 0.3) is 0 Å². The molecule has 2 saturated heterocycles. The normalized spacial score (nSPS) is 40.6. The third-order valence-electron chi connectivity index (χ3n) is 8.50. The summed E-state index contributed by atoms with van der Waals surface area (Å²) >= 11 is 0. The van der Waals surface area contributed by atoms with Crippen molar-refractivity contribution >= 4 is 0 Å². The molecule has 170 valence electrons. The molecule has 0 aromatic heterocycles. The van der Waals surface area contributed by atoms with Gasteiger partial charge in [0.05, 0.1) is 0 Å². The second-order valence-corrected chi connectivity index (χ2v) is 10.7. The lowest BCUT2D eigenvalue weighted by Crippen LogP contribution is -2.68. The number of rotatable bonds is 8. The Kier molecular flexibility index (Phi) is 8.83. The lowest BCUT2D eigenvalue weighted by Gasteiger charge is -2.57. The highest BCUT2D eigenvalue weighted by Gasteiger charge is 2.50. The van der Waals surface area contributed by atoms with Gasteiger partial charge in [-0.1, -0.05) is 56.7 Å². The van der Waals surface area contributed by atoms with Crippen LogP contribution in [0.15, 0.2) is 36.5 Å². The van der Waals surface area contributed by atoms with Crippen molar-refractivity contribution in [3.8, 4) is 0 Å². The Morgan fingerprint density at radius 3 is 2.40 bits per heavy atom. The van der Waals surface area contributed by atoms with Crippen molar-refractivity contribution in [2.45, 2.75) is 110 Å². The molecule has 2 N–H and O–H groups in total. The number of allylic oxidation sites excluding steroid dienone is 5. The monoisotopic (exact) mass is 412 g/mol. The van der Waals surface area contributed by atoms with E-state index >= 15 is 0 Å². The zero-order chi connectivity index (χ0) is 21.7. The van der Waals surface area contributed by atoms with Crippen LogP contribution in [0.1, 0.15) is 86.0 Å². The summed E-state index contributed by atoms with van der Waals surface area (Å²) in [5.41, 5.74) is 1.66. The quantitative estimate of drug-likeness (QED) is 0.344. The van der Waals surface area contributed by atoms with Gasteiger partial charge in [-0.3, -0.25) is 0 Å². The van der Waals surface area contributed by atoms with Crippen LogP contribution in [0.5, 0.6) is 0 Å². The van der Waals surface area contributed by atoms with Gasteiger partial charge in [-0.25, -0.2) is 0 Å². The van der Waals surface area contributed by atoms with E-state index in [1.54, 1.807) is 5.57 Å². The summed E-state index contributed by atoms with van der Waals surface area (Å²) in [6, 6.07) is 2.49. The molecule has 3 rings (SSSR count). The number of hydrogen-bond donors (Lipinski definition) is 2. The molecule has 3 aliphatic rings. The Morgan fingerprint density at radius 2 is 1.73 bits per heavy atom. The summed E-state index contributed by atoms with van der Waals surface area (Å²) in [7, 11) is 0. The Balaban J connectivity index is 1.80. The summed E-state index contributed by atoms with van der Waals surface area (Å²) in [5, 5.41) is 8.19. The molecule has 3 fully saturated rings. The third-order valence-corrected chi connectivity index (χ3v) is 8.50. The van der Waals surface area contributed by atoms with Crippen molar-refractivity contribution in [1.29, 1.82) is 0 Å². The van der Waals surface area contributed by atoms with Crippen LogP contribution < -0.4 is 10.6 Å². The average molecular weight is 413 g/mol. The van der Waals surface area contributed by atoms with Gasteiger partial charge in [0.15, 0.2) is 0 Å². The van der Waals surface area contributed by atoms with Crippen LogP contribution in [-0.4, -0.2) is 24.2 Å². The number of nitrogens with one attached hydrogen (secondary N) is 2. The summed E-state index contributed by atoms with van der Waals surface area (Å²) in [6.07, 6.45) is 19.4. The van der Waals surface area contributed by atoms with E-state index in [-0.39, 0.29) is 0 Å². The highest BCUT2D eigenvalue weighted by molar-refractivity contribution is 5.19. The fourth-order valence-corrected chi connectivity index (χ4v) is 7.25. The minimum atomic E-state index is 0.602. The molecule has 0 spiro atoms. The summed E-state index contributed by atoms with van der Waals surface area (Å²) < 4.78 is 0. The molecular weight excluding hydrogens is 364 g/mol. The van der Waals surface area contributed by atoms with Crippen molar-refractivity contribution in [3.05, 3.63) is 36.5 Å². The second-order valence-electron chi connectivity index (χ2n) is 10.7. The minimum Gasteiger partial charge on any atom is -0.310 e. The minimum absolute atomic E-state index is 0.602. The predicted octanol–water partition coefficient (Wildman–Crippen LogP) is 6.65. The van der Waals surface area contributed by atoms with Gasteiger partial charge in [0.2, 0.25) is 0 Å². The summed E-state index contributed by atoms with van der Waals surface area (Å²) in [5.74, 6) is 4.03. The van der Waals surface area contributed by atoms with Crippen LogP contribution in [-0.2, 0) is 0 Å². The first-order valence-electron chi connectivity index (χ1n) is 12.9. The molecule has 1 saturated carbocycles. The topological polar surface area (TPSA) is 24.1 Å². The average Bonchev–Trinajstić information content (AvgIpc) is 2.72. The molecule has 9 atom stereocenters. The standard InChI is InChI=1S/C28H48N2/c1-7-10-11-14-19(4)25-17-20(5)29-27-23(25)15-16-24-26(18-21(6)30-28(24)27)22(12-8-2)13-9-3/h7-8,10,12,19-21,23-30H,2,9,11,13-18H2,1,3-6H3/b10-7-,22-12+/t19-,20?,21?,23?,24?,25?,26?,27?,28?/m1/s1. The number of fused-ring (bicyclic) bond motifs is 3. The van der Waals surface area contributed by atoms with Crippen molar-refractivity contribution in [1.82, 2.24) is 10.6 Å². The molecule has 1 aliphatic carbocycles. The Labute approximate surface area is 187 Å². The molecule has 0 aromatic rings. The van der Waals surface area contributed by atoms with Crippen LogP contribution in [0.2, 0.25) is 0 Å². The molecule has 0 radical (unpaired) electrons. The Hall–Kier alpha value is -0.860. The van der Waals surface area contributed by atoms with E-state index in [4.69, 9.17) is 0 Å². The third kappa shape index (κ3) is 5.30. The van der Waals surface area contributed by atoms with Gasteiger partial charge < -0.3 is 10.6 Å². The van der Waals surface area contributed by atoms with Gasteiger partial charge in [-0.15, -0.1) is 0 Å². The van der Waals surface area contributed by atoms with Gasteiger partial charge in [-0.05, 0) is 95.3 Å². The maximum atomic E-state index is 4.10. The van der Waals surface area contributed by atoms with Crippen LogP contribution >= 0.6 is 0 Å². The zero-order valence-electron chi connectivity index (χ0n) is 20.4. The summed E-state index contributed by atoms with van der Waals surface area (Å²) in [4.78, 5) is 0. The van der Waals surface area contributed by atoms with Crippen molar-refractivity contribution in [2.75, 3.05) is 0 Å². The molecule has 0 amide bonds. The first kappa shape index (κ1) is 23.8.